The maximum absolute atomic E-state index is 12.4. The van der Waals surface area contributed by atoms with E-state index < -0.39 is 0 Å². The molecule has 0 N–H and O–H groups in total. The number of thiazole rings is 1. The molecule has 3 aromatic rings. The van der Waals surface area contributed by atoms with Crippen molar-refractivity contribution < 1.29 is 4.79 Å². The second-order valence-corrected chi connectivity index (χ2v) is 6.74. The highest BCUT2D eigenvalue weighted by Gasteiger charge is 2.11. The molecule has 0 radical (unpaired) electrons. The zero-order valence-electron chi connectivity index (χ0n) is 14.4. The topological polar surface area (TPSA) is 34.4 Å². The number of hydrogen-bond donors (Lipinski definition) is 0. The molecular weight excluding hydrogens is 328 g/mol. The monoisotopic (exact) mass is 348 g/mol. The molecule has 126 valence electrons. The average Bonchev–Trinajstić information content (AvgIpc) is 2.98. The lowest BCUT2D eigenvalue weighted by atomic mass is 10.0. The molecule has 0 aliphatic rings. The van der Waals surface area contributed by atoms with E-state index in [2.05, 4.69) is 49.0 Å². The second kappa shape index (κ2) is 7.45. The average molecular weight is 348 g/mol. The minimum Gasteiger partial charge on any atom is -0.313 e. The number of carbonyl (C=O) groups excluding carboxylic acids is 1. The van der Waals surface area contributed by atoms with Crippen molar-refractivity contribution in [1.29, 1.82) is 0 Å². The van der Waals surface area contributed by atoms with Gasteiger partial charge in [-0.05, 0) is 31.5 Å². The van der Waals surface area contributed by atoms with Gasteiger partial charge in [0, 0.05) is 23.1 Å². The molecule has 0 fully saturated rings. The van der Waals surface area contributed by atoms with Gasteiger partial charge in [0.1, 0.15) is 0 Å². The first-order valence-electron chi connectivity index (χ1n) is 8.11. The van der Waals surface area contributed by atoms with E-state index in [1.807, 2.05) is 28.8 Å². The third-order valence-electron chi connectivity index (χ3n) is 3.99. The van der Waals surface area contributed by atoms with Crippen LogP contribution < -0.4 is 4.80 Å². The molecule has 0 spiro atoms. The molecular formula is C21H20N2OS. The molecule has 0 saturated heterocycles. The Morgan fingerprint density at radius 2 is 1.96 bits per heavy atom. The van der Waals surface area contributed by atoms with Crippen LogP contribution in [0.15, 0.2) is 71.6 Å². The summed E-state index contributed by atoms with van der Waals surface area (Å²) in [7, 11) is 0. The Morgan fingerprint density at radius 3 is 2.64 bits per heavy atom. The van der Waals surface area contributed by atoms with E-state index in [0.29, 0.717) is 16.9 Å². The first kappa shape index (κ1) is 17.1. The summed E-state index contributed by atoms with van der Waals surface area (Å²) in [5.41, 5.74) is 5.24. The van der Waals surface area contributed by atoms with Gasteiger partial charge in [-0.1, -0.05) is 48.0 Å². The minimum absolute atomic E-state index is 0.229. The largest absolute Gasteiger partial charge is 0.313 e. The Balaban J connectivity index is 2.10. The number of benzene rings is 2. The smallest absolute Gasteiger partial charge is 0.279 e. The Bertz CT molecular complexity index is 981. The van der Waals surface area contributed by atoms with Crippen molar-refractivity contribution in [3.05, 3.63) is 88.1 Å². The first-order valence-corrected chi connectivity index (χ1v) is 8.99. The van der Waals surface area contributed by atoms with Crippen LogP contribution in [0.2, 0.25) is 0 Å². The van der Waals surface area contributed by atoms with Crippen molar-refractivity contribution in [3.8, 4) is 11.3 Å². The van der Waals surface area contributed by atoms with Crippen molar-refractivity contribution in [2.24, 2.45) is 4.99 Å². The highest BCUT2D eigenvalue weighted by molar-refractivity contribution is 7.07. The highest BCUT2D eigenvalue weighted by atomic mass is 32.1. The summed E-state index contributed by atoms with van der Waals surface area (Å²) in [5, 5.41) is 2.05. The number of carbonyl (C=O) groups is 1. The van der Waals surface area contributed by atoms with E-state index >= 15 is 0 Å². The lowest BCUT2D eigenvalue weighted by Crippen LogP contribution is -2.17. The van der Waals surface area contributed by atoms with Crippen LogP contribution >= 0.6 is 11.3 Å². The Labute approximate surface area is 151 Å². The fourth-order valence-electron chi connectivity index (χ4n) is 2.77. The maximum atomic E-state index is 12.4. The van der Waals surface area contributed by atoms with Crippen LogP contribution in [0.5, 0.6) is 0 Å². The fraction of sp³-hybridized carbons (Fsp3) is 0.143. The molecule has 4 heteroatoms. The lowest BCUT2D eigenvalue weighted by molar-refractivity contribution is 0.0998. The maximum Gasteiger partial charge on any atom is 0.279 e. The van der Waals surface area contributed by atoms with Gasteiger partial charge in [0.15, 0.2) is 4.80 Å². The Morgan fingerprint density at radius 1 is 1.20 bits per heavy atom. The van der Waals surface area contributed by atoms with Gasteiger partial charge in [-0.15, -0.1) is 17.9 Å². The third kappa shape index (κ3) is 3.69. The molecule has 0 aliphatic carbocycles. The van der Waals surface area contributed by atoms with Crippen molar-refractivity contribution in [2.75, 3.05) is 0 Å². The van der Waals surface area contributed by atoms with Crippen molar-refractivity contribution in [3.63, 3.8) is 0 Å². The molecule has 0 aliphatic heterocycles. The Hall–Kier alpha value is -2.72. The van der Waals surface area contributed by atoms with E-state index in [0.717, 1.165) is 11.3 Å². The molecule has 0 bridgehead atoms. The highest BCUT2D eigenvalue weighted by Crippen LogP contribution is 2.25. The molecule has 1 aromatic heterocycles. The van der Waals surface area contributed by atoms with E-state index in [9.17, 15) is 4.79 Å². The number of aryl methyl sites for hydroxylation is 2. The number of hydrogen-bond acceptors (Lipinski definition) is 2. The summed E-state index contributed by atoms with van der Waals surface area (Å²) in [5.74, 6) is -0.229. The van der Waals surface area contributed by atoms with Gasteiger partial charge < -0.3 is 4.57 Å². The van der Waals surface area contributed by atoms with Gasteiger partial charge >= 0.3 is 0 Å². The van der Waals surface area contributed by atoms with Crippen molar-refractivity contribution >= 4 is 17.2 Å². The van der Waals surface area contributed by atoms with Gasteiger partial charge in [0.25, 0.3) is 5.91 Å². The summed E-state index contributed by atoms with van der Waals surface area (Å²) in [4.78, 5) is 17.4. The van der Waals surface area contributed by atoms with Crippen LogP contribution in [0.1, 0.15) is 21.5 Å². The molecule has 3 nitrogen and oxygen atoms in total. The Kier molecular flexibility index (Phi) is 5.10. The summed E-state index contributed by atoms with van der Waals surface area (Å²) >= 11 is 1.47. The van der Waals surface area contributed by atoms with Gasteiger partial charge in [-0.25, -0.2) is 0 Å². The molecule has 3 rings (SSSR count). The predicted molar refractivity (Wildman–Crippen MR) is 104 cm³/mol. The van der Waals surface area contributed by atoms with E-state index in [4.69, 9.17) is 0 Å². The number of amides is 1. The van der Waals surface area contributed by atoms with Gasteiger partial charge in [0.2, 0.25) is 0 Å². The number of rotatable bonds is 4. The van der Waals surface area contributed by atoms with Crippen LogP contribution in [-0.2, 0) is 6.54 Å². The molecule has 0 atom stereocenters. The van der Waals surface area contributed by atoms with Crippen LogP contribution in [0.3, 0.4) is 0 Å². The third-order valence-corrected chi connectivity index (χ3v) is 4.85. The fourth-order valence-corrected chi connectivity index (χ4v) is 3.68. The standard InChI is InChI=1S/C21H20N2OS/c1-4-12-23-19(18-11-10-15(2)13-16(18)3)14-25-21(23)22-20(24)17-8-6-5-7-9-17/h4-11,13-14H,1,12H2,2-3H3/b22-21-. The zero-order chi connectivity index (χ0) is 17.8. The minimum atomic E-state index is -0.229. The predicted octanol–water partition coefficient (Wildman–Crippen LogP) is 4.76. The molecule has 2 aromatic carbocycles. The summed E-state index contributed by atoms with van der Waals surface area (Å²) in [6.45, 7) is 8.63. The molecule has 0 unspecified atom stereocenters. The van der Waals surface area contributed by atoms with Crippen LogP contribution in [0.25, 0.3) is 11.3 Å². The number of aromatic nitrogens is 1. The van der Waals surface area contributed by atoms with Gasteiger partial charge in [0.05, 0.1) is 5.69 Å². The van der Waals surface area contributed by atoms with Crippen molar-refractivity contribution in [2.45, 2.75) is 20.4 Å². The van der Waals surface area contributed by atoms with Crippen LogP contribution in [0.4, 0.5) is 0 Å². The number of allylic oxidation sites excluding steroid dienone is 1. The SMILES string of the molecule is C=CCn1c(-c2ccc(C)cc2C)cs/c1=N\C(=O)c1ccccc1. The number of nitrogens with zero attached hydrogens (tertiary/aromatic N) is 2. The van der Waals surface area contributed by atoms with E-state index in [1.54, 1.807) is 12.1 Å². The molecule has 1 heterocycles. The van der Waals surface area contributed by atoms with Gasteiger partial charge in [-0.2, -0.15) is 4.99 Å². The summed E-state index contributed by atoms with van der Waals surface area (Å²) in [6.07, 6.45) is 1.83. The summed E-state index contributed by atoms with van der Waals surface area (Å²) < 4.78 is 2.04. The second-order valence-electron chi connectivity index (χ2n) is 5.90. The lowest BCUT2D eigenvalue weighted by Gasteiger charge is -2.10. The van der Waals surface area contributed by atoms with E-state index in [1.165, 1.54) is 22.5 Å². The van der Waals surface area contributed by atoms with Crippen LogP contribution in [-0.4, -0.2) is 10.5 Å². The van der Waals surface area contributed by atoms with E-state index in [-0.39, 0.29) is 5.91 Å². The molecule has 25 heavy (non-hydrogen) atoms. The van der Waals surface area contributed by atoms with Crippen molar-refractivity contribution in [1.82, 2.24) is 4.57 Å². The molecule has 1 amide bonds. The molecule has 0 saturated carbocycles. The normalized spacial score (nSPS) is 11.5. The zero-order valence-corrected chi connectivity index (χ0v) is 15.2. The van der Waals surface area contributed by atoms with Crippen LogP contribution in [0, 0.1) is 13.8 Å². The first-order chi connectivity index (χ1) is 12.1. The summed E-state index contributed by atoms with van der Waals surface area (Å²) in [6, 6.07) is 15.5. The quantitative estimate of drug-likeness (QED) is 0.626. The van der Waals surface area contributed by atoms with Gasteiger partial charge in [-0.3, -0.25) is 4.79 Å².